The molecule has 4 amide bonds. The minimum Gasteiger partial charge on any atom is -0.391 e. The number of piperidine rings is 1. The number of fused-ring (bicyclic) bond motifs is 1. The van der Waals surface area contributed by atoms with Crippen LogP contribution in [0.15, 0.2) is 18.2 Å². The molecule has 0 radical (unpaired) electrons. The van der Waals surface area contributed by atoms with Gasteiger partial charge in [-0.25, -0.2) is 4.79 Å². The van der Waals surface area contributed by atoms with Gasteiger partial charge in [-0.3, -0.25) is 9.59 Å². The largest absolute Gasteiger partial charge is 0.417 e. The Morgan fingerprint density at radius 3 is 2.59 bits per heavy atom. The van der Waals surface area contributed by atoms with E-state index in [0.717, 1.165) is 37.5 Å². The fraction of sp³-hybridized carbons (Fsp3) is 0.654. The maximum Gasteiger partial charge on any atom is 0.417 e. The van der Waals surface area contributed by atoms with Crippen LogP contribution in [-0.4, -0.2) is 94.7 Å². The number of nitrogens with zero attached hydrogens (tertiary/aromatic N) is 3. The monoisotopic (exact) mass is 572 g/mol. The number of rotatable bonds is 4. The molecule has 4 aliphatic rings. The average molecular weight is 573 g/mol. The quantitative estimate of drug-likeness (QED) is 0.576. The number of halogens is 4. The van der Waals surface area contributed by atoms with Gasteiger partial charge in [0.15, 0.2) is 0 Å². The molecule has 13 heteroatoms. The zero-order valence-corrected chi connectivity index (χ0v) is 22.3. The van der Waals surface area contributed by atoms with E-state index in [4.69, 9.17) is 16.3 Å². The van der Waals surface area contributed by atoms with E-state index in [1.807, 2.05) is 0 Å². The SMILES string of the molecule is CC1C(=O)N2C(CCC(=O)N3CCC4(CC4)C(O)C3)COCC2CN1C(=O)Nc1ccc(C(F)(F)F)c(Cl)c1. The number of hydrogen-bond donors (Lipinski definition) is 2. The Balaban J connectivity index is 1.19. The van der Waals surface area contributed by atoms with E-state index in [1.165, 1.54) is 4.90 Å². The molecule has 1 spiro atoms. The van der Waals surface area contributed by atoms with Gasteiger partial charge in [-0.15, -0.1) is 0 Å². The van der Waals surface area contributed by atoms with Crippen molar-refractivity contribution in [1.29, 1.82) is 0 Å². The second-order valence-electron chi connectivity index (χ2n) is 11.0. The van der Waals surface area contributed by atoms with E-state index in [0.29, 0.717) is 19.5 Å². The van der Waals surface area contributed by atoms with Crippen molar-refractivity contribution in [3.05, 3.63) is 28.8 Å². The predicted molar refractivity (Wildman–Crippen MR) is 135 cm³/mol. The van der Waals surface area contributed by atoms with Crippen molar-refractivity contribution < 1.29 is 37.4 Å². The predicted octanol–water partition coefficient (Wildman–Crippen LogP) is 3.34. The molecule has 2 N–H and O–H groups in total. The lowest BCUT2D eigenvalue weighted by Gasteiger charge is -2.50. The lowest BCUT2D eigenvalue weighted by Crippen LogP contribution is -2.68. The van der Waals surface area contributed by atoms with Crippen LogP contribution in [0.2, 0.25) is 5.02 Å². The van der Waals surface area contributed by atoms with Crippen LogP contribution >= 0.6 is 11.6 Å². The van der Waals surface area contributed by atoms with Gasteiger partial charge in [0.1, 0.15) is 6.04 Å². The number of benzene rings is 1. The number of carbonyl (C=O) groups is 3. The maximum absolute atomic E-state index is 13.4. The first-order valence-electron chi connectivity index (χ1n) is 13.2. The molecule has 4 atom stereocenters. The van der Waals surface area contributed by atoms with Crippen molar-refractivity contribution in [1.82, 2.24) is 14.7 Å². The molecule has 39 heavy (non-hydrogen) atoms. The molecular formula is C26H32ClF3N4O5. The Kier molecular flexibility index (Phi) is 7.49. The van der Waals surface area contributed by atoms with Crippen molar-refractivity contribution in [2.45, 2.75) is 69.4 Å². The standard InChI is InChI=1S/C26H32ClF3N4O5/c1-15-23(37)34-17(3-5-22(36)32-9-8-25(6-7-25)21(35)12-32)13-39-14-18(34)11-33(15)24(38)31-16-2-4-19(20(27)10-16)26(28,29)30/h2,4,10,15,17-18,21,35H,3,5-9,11-14H2,1H3,(H,31,38). The second-order valence-corrected chi connectivity index (χ2v) is 11.5. The molecule has 9 nitrogen and oxygen atoms in total. The number of urea groups is 1. The van der Waals surface area contributed by atoms with Gasteiger partial charge < -0.3 is 29.9 Å². The topological polar surface area (TPSA) is 102 Å². The normalized spacial score (nSPS) is 28.4. The van der Waals surface area contributed by atoms with Crippen molar-refractivity contribution in [2.75, 3.05) is 38.2 Å². The van der Waals surface area contributed by atoms with Crippen molar-refractivity contribution in [3.8, 4) is 0 Å². The third-order valence-corrected chi connectivity index (χ3v) is 8.91. The Morgan fingerprint density at radius 2 is 1.95 bits per heavy atom. The second kappa shape index (κ2) is 10.4. The van der Waals surface area contributed by atoms with Gasteiger partial charge in [-0.1, -0.05) is 11.6 Å². The number of alkyl halides is 3. The van der Waals surface area contributed by atoms with Crippen LogP contribution in [0.3, 0.4) is 0 Å². The van der Waals surface area contributed by atoms with Gasteiger partial charge in [-0.05, 0) is 56.2 Å². The summed E-state index contributed by atoms with van der Waals surface area (Å²) in [6.07, 6.45) is -1.64. The van der Waals surface area contributed by atoms with Gasteiger partial charge in [0, 0.05) is 31.7 Å². The Bertz CT molecular complexity index is 1150. The van der Waals surface area contributed by atoms with Crippen LogP contribution in [0, 0.1) is 5.41 Å². The van der Waals surface area contributed by atoms with E-state index in [9.17, 15) is 32.7 Å². The number of aliphatic hydroxyl groups is 1. The highest BCUT2D eigenvalue weighted by molar-refractivity contribution is 6.31. The summed E-state index contributed by atoms with van der Waals surface area (Å²) in [4.78, 5) is 44.0. The van der Waals surface area contributed by atoms with E-state index in [-0.39, 0.29) is 55.1 Å². The van der Waals surface area contributed by atoms with E-state index >= 15 is 0 Å². The minimum absolute atomic E-state index is 0.00845. The molecule has 1 saturated carbocycles. The number of morpholine rings is 1. The first-order valence-corrected chi connectivity index (χ1v) is 13.6. The number of nitrogens with one attached hydrogen (secondary N) is 1. The Hall–Kier alpha value is -2.57. The molecule has 4 unspecified atom stereocenters. The smallest absolute Gasteiger partial charge is 0.391 e. The lowest BCUT2D eigenvalue weighted by atomic mass is 9.90. The molecule has 1 aliphatic carbocycles. The molecule has 3 heterocycles. The van der Waals surface area contributed by atoms with Crippen LogP contribution in [0.25, 0.3) is 0 Å². The van der Waals surface area contributed by atoms with E-state index < -0.39 is 41.0 Å². The molecule has 5 rings (SSSR count). The summed E-state index contributed by atoms with van der Waals surface area (Å²) in [5, 5.41) is 12.4. The third kappa shape index (κ3) is 5.55. The number of carbonyl (C=O) groups excluding carboxylic acids is 3. The van der Waals surface area contributed by atoms with Gasteiger partial charge in [0.2, 0.25) is 11.8 Å². The van der Waals surface area contributed by atoms with Crippen LogP contribution < -0.4 is 5.32 Å². The number of hydrogen-bond acceptors (Lipinski definition) is 5. The summed E-state index contributed by atoms with van der Waals surface area (Å²) in [6.45, 7) is 3.24. The first kappa shape index (κ1) is 28.0. The lowest BCUT2D eigenvalue weighted by molar-refractivity contribution is -0.160. The molecule has 3 saturated heterocycles. The molecule has 214 valence electrons. The average Bonchev–Trinajstić information content (AvgIpc) is 3.66. The summed E-state index contributed by atoms with van der Waals surface area (Å²) in [5.74, 6) is -0.336. The molecule has 0 aromatic heterocycles. The highest BCUT2D eigenvalue weighted by Gasteiger charge is 2.52. The summed E-state index contributed by atoms with van der Waals surface area (Å²) in [7, 11) is 0. The van der Waals surface area contributed by atoms with Gasteiger partial charge in [0.05, 0.1) is 42.0 Å². The number of likely N-dealkylation sites (tertiary alicyclic amines) is 1. The number of ether oxygens (including phenoxy) is 1. The number of anilines is 1. The van der Waals surface area contributed by atoms with Crippen LogP contribution in [-0.2, 0) is 20.5 Å². The maximum atomic E-state index is 13.4. The van der Waals surface area contributed by atoms with E-state index in [2.05, 4.69) is 5.32 Å². The van der Waals surface area contributed by atoms with Crippen LogP contribution in [0.5, 0.6) is 0 Å². The third-order valence-electron chi connectivity index (χ3n) is 8.60. The number of aliphatic hydroxyl groups excluding tert-OH is 1. The van der Waals surface area contributed by atoms with Crippen molar-refractivity contribution >= 4 is 35.1 Å². The Morgan fingerprint density at radius 1 is 1.21 bits per heavy atom. The summed E-state index contributed by atoms with van der Waals surface area (Å²) in [6, 6.07) is 0.711. The van der Waals surface area contributed by atoms with E-state index in [1.54, 1.807) is 16.7 Å². The first-order chi connectivity index (χ1) is 18.4. The van der Waals surface area contributed by atoms with Crippen molar-refractivity contribution in [3.63, 3.8) is 0 Å². The molecule has 1 aromatic rings. The van der Waals surface area contributed by atoms with Gasteiger partial charge in [-0.2, -0.15) is 13.2 Å². The fourth-order valence-electron chi connectivity index (χ4n) is 5.97. The summed E-state index contributed by atoms with van der Waals surface area (Å²) < 4.78 is 44.7. The summed E-state index contributed by atoms with van der Waals surface area (Å²) in [5.41, 5.74) is -0.924. The van der Waals surface area contributed by atoms with Gasteiger partial charge >= 0.3 is 12.2 Å². The molecular weight excluding hydrogens is 541 g/mol. The molecule has 3 aliphatic heterocycles. The number of β-amino-alcohol motifs (C(OH)–C–C–N with tert-alkyl or cyclic N) is 1. The zero-order valence-electron chi connectivity index (χ0n) is 21.5. The number of piperazine rings is 1. The number of amides is 4. The molecule has 0 bridgehead atoms. The zero-order chi connectivity index (χ0) is 28.1. The Labute approximate surface area is 229 Å². The van der Waals surface area contributed by atoms with Crippen LogP contribution in [0.1, 0.15) is 44.6 Å². The highest BCUT2D eigenvalue weighted by atomic mass is 35.5. The van der Waals surface area contributed by atoms with Crippen molar-refractivity contribution in [2.24, 2.45) is 5.41 Å². The molecule has 4 fully saturated rings. The highest BCUT2D eigenvalue weighted by Crippen LogP contribution is 2.53. The summed E-state index contributed by atoms with van der Waals surface area (Å²) >= 11 is 5.76. The minimum atomic E-state index is -4.62. The van der Waals surface area contributed by atoms with Gasteiger partial charge in [0.25, 0.3) is 0 Å². The fourth-order valence-corrected chi connectivity index (χ4v) is 6.26. The molecule has 1 aromatic carbocycles. The van der Waals surface area contributed by atoms with Crippen LogP contribution in [0.4, 0.5) is 23.7 Å².